The second-order valence-electron chi connectivity index (χ2n) is 9.15. The molecule has 3 heterocycles. The third-order valence-corrected chi connectivity index (χ3v) is 7.06. The predicted octanol–water partition coefficient (Wildman–Crippen LogP) is 5.86. The molecule has 2 unspecified atom stereocenters. The Bertz CT molecular complexity index is 859. The molecule has 2 aliphatic heterocycles. The van der Waals surface area contributed by atoms with Crippen LogP contribution in [0.1, 0.15) is 108 Å². The summed E-state index contributed by atoms with van der Waals surface area (Å²) in [7, 11) is 0. The summed E-state index contributed by atoms with van der Waals surface area (Å²) in [6.45, 7) is 6.88. The van der Waals surface area contributed by atoms with Crippen molar-refractivity contribution in [3.63, 3.8) is 0 Å². The number of nitrogens with zero attached hydrogens (tertiary/aromatic N) is 3. The van der Waals surface area contributed by atoms with Crippen molar-refractivity contribution in [3.8, 4) is 0 Å². The van der Waals surface area contributed by atoms with Crippen LogP contribution in [0.15, 0.2) is 29.3 Å². The first-order valence-corrected chi connectivity index (χ1v) is 12.6. The van der Waals surface area contributed by atoms with Gasteiger partial charge in [-0.05, 0) is 44.4 Å². The number of aromatic nitrogens is 2. The highest BCUT2D eigenvalue weighted by Gasteiger charge is 2.44. The van der Waals surface area contributed by atoms with Crippen molar-refractivity contribution >= 4 is 11.7 Å². The van der Waals surface area contributed by atoms with Gasteiger partial charge in [0.05, 0.1) is 17.7 Å². The zero-order chi connectivity index (χ0) is 21.8. The molecule has 0 radical (unpaired) electrons. The van der Waals surface area contributed by atoms with Crippen molar-refractivity contribution in [2.75, 3.05) is 6.54 Å². The zero-order valence-electron chi connectivity index (χ0n) is 19.4. The molecule has 0 aromatic carbocycles. The predicted molar refractivity (Wildman–Crippen MR) is 126 cm³/mol. The van der Waals surface area contributed by atoms with E-state index < -0.39 is 0 Å². The monoisotopic (exact) mass is 422 g/mol. The summed E-state index contributed by atoms with van der Waals surface area (Å²) in [4.78, 5) is 29.0. The molecular weight excluding hydrogens is 384 g/mol. The highest BCUT2D eigenvalue weighted by molar-refractivity contribution is 6.13. The summed E-state index contributed by atoms with van der Waals surface area (Å²) < 4.78 is 0. The van der Waals surface area contributed by atoms with E-state index in [2.05, 4.69) is 36.2 Å². The van der Waals surface area contributed by atoms with Crippen molar-refractivity contribution < 1.29 is 4.79 Å². The minimum Gasteiger partial charge on any atom is -0.344 e. The van der Waals surface area contributed by atoms with Gasteiger partial charge in [0.1, 0.15) is 11.5 Å². The molecule has 31 heavy (non-hydrogen) atoms. The first-order chi connectivity index (χ1) is 15.2. The number of allylic oxidation sites excluding steroid dienone is 4. The molecule has 5 heteroatoms. The minimum absolute atomic E-state index is 0.0858. The van der Waals surface area contributed by atoms with Gasteiger partial charge < -0.3 is 4.98 Å². The van der Waals surface area contributed by atoms with Gasteiger partial charge in [-0.3, -0.25) is 14.7 Å². The number of hydrogen-bond donors (Lipinski definition) is 1. The summed E-state index contributed by atoms with van der Waals surface area (Å²) in [5.41, 5.74) is 2.00. The van der Waals surface area contributed by atoms with E-state index >= 15 is 0 Å². The van der Waals surface area contributed by atoms with Gasteiger partial charge >= 0.3 is 0 Å². The normalized spacial score (nSPS) is 27.5. The standard InChI is InChI=1S/C24H32N4O.C2H6/c1-2-9-19-20-21(27-22(26-20)17-12-7-8-13-17)23-25-18(15-28(23)24(19)29)14-16-10-5-3-4-6-11-16;1-2/h3-5,10,16-19H,2,6-9,11-15H2,1H3,(H,26,27);1-2H3/t16?,18-,19?;/m1./s1. The molecule has 0 saturated heterocycles. The van der Waals surface area contributed by atoms with Gasteiger partial charge in [-0.1, -0.05) is 64.3 Å². The Morgan fingerprint density at radius 1 is 1.16 bits per heavy atom. The molecule has 5 nitrogen and oxygen atoms in total. The van der Waals surface area contributed by atoms with Crippen molar-refractivity contribution in [1.29, 1.82) is 0 Å². The van der Waals surface area contributed by atoms with Crippen LogP contribution in [-0.2, 0) is 4.79 Å². The maximum atomic E-state index is 13.4. The third kappa shape index (κ3) is 4.42. The lowest BCUT2D eigenvalue weighted by Gasteiger charge is -2.29. The quantitative estimate of drug-likeness (QED) is 0.646. The number of H-pyrrole nitrogens is 1. The average Bonchev–Trinajstić information content (AvgIpc) is 3.50. The molecule has 0 spiro atoms. The van der Waals surface area contributed by atoms with Crippen LogP contribution < -0.4 is 0 Å². The number of aliphatic imine (C=N–C) groups is 1. The third-order valence-electron chi connectivity index (χ3n) is 7.06. The summed E-state index contributed by atoms with van der Waals surface area (Å²) in [5.74, 6) is 3.12. The Morgan fingerprint density at radius 3 is 2.74 bits per heavy atom. The fourth-order valence-corrected chi connectivity index (χ4v) is 5.53. The maximum Gasteiger partial charge on any atom is 0.237 e. The number of aromatic amines is 1. The first-order valence-electron chi connectivity index (χ1n) is 12.6. The topological polar surface area (TPSA) is 61.4 Å². The number of fused-ring (bicyclic) bond motifs is 3. The Morgan fingerprint density at radius 2 is 1.97 bits per heavy atom. The Kier molecular flexibility index (Phi) is 7.09. The second kappa shape index (κ2) is 9.97. The van der Waals surface area contributed by atoms with E-state index in [1.807, 2.05) is 18.7 Å². The van der Waals surface area contributed by atoms with Crippen molar-refractivity contribution in [2.45, 2.75) is 96.4 Å². The molecule has 3 atom stereocenters. The number of nitrogens with one attached hydrogen (secondary N) is 1. The Labute approximate surface area is 187 Å². The molecule has 4 aliphatic rings. The van der Waals surface area contributed by atoms with E-state index in [1.165, 1.54) is 32.1 Å². The van der Waals surface area contributed by atoms with Crippen LogP contribution in [0.25, 0.3) is 0 Å². The molecule has 0 bridgehead atoms. The molecule has 168 valence electrons. The van der Waals surface area contributed by atoms with Gasteiger partial charge in [0.2, 0.25) is 5.91 Å². The summed E-state index contributed by atoms with van der Waals surface area (Å²) >= 11 is 0. The van der Waals surface area contributed by atoms with E-state index in [1.54, 1.807) is 0 Å². The van der Waals surface area contributed by atoms with E-state index in [0.29, 0.717) is 11.8 Å². The van der Waals surface area contributed by atoms with Crippen molar-refractivity contribution in [3.05, 3.63) is 41.5 Å². The molecule has 1 N–H and O–H groups in total. The number of imidazole rings is 1. The fraction of sp³-hybridized carbons (Fsp3) is 0.654. The summed E-state index contributed by atoms with van der Waals surface area (Å²) in [5, 5.41) is 0. The number of carbonyl (C=O) groups is 1. The van der Waals surface area contributed by atoms with Crippen LogP contribution in [0.2, 0.25) is 0 Å². The van der Waals surface area contributed by atoms with E-state index in [4.69, 9.17) is 9.98 Å². The Hall–Kier alpha value is -2.17. The second-order valence-corrected chi connectivity index (χ2v) is 9.15. The van der Waals surface area contributed by atoms with Gasteiger partial charge in [0.25, 0.3) is 0 Å². The van der Waals surface area contributed by atoms with Crippen LogP contribution in [-0.4, -0.2) is 39.2 Å². The summed E-state index contributed by atoms with van der Waals surface area (Å²) in [6, 6.07) is 0.182. The van der Waals surface area contributed by atoms with Crippen molar-refractivity contribution in [1.82, 2.24) is 14.9 Å². The zero-order valence-corrected chi connectivity index (χ0v) is 19.4. The maximum absolute atomic E-state index is 13.4. The van der Waals surface area contributed by atoms with Crippen LogP contribution in [0.3, 0.4) is 0 Å². The van der Waals surface area contributed by atoms with E-state index in [-0.39, 0.29) is 17.9 Å². The van der Waals surface area contributed by atoms with Crippen LogP contribution in [0.5, 0.6) is 0 Å². The molecule has 5 rings (SSSR count). The SMILES string of the molecule is CC.CCCC1C(=O)N2C[C@@H](CC3C=CC=CCC3)N=C2c2nc(C3CCCC3)[nH]c21. The number of amides is 1. The molecule has 1 aromatic rings. The molecule has 1 aromatic heterocycles. The summed E-state index contributed by atoms with van der Waals surface area (Å²) in [6.07, 6.45) is 19.0. The molecule has 1 fully saturated rings. The lowest BCUT2D eigenvalue weighted by molar-refractivity contribution is -0.129. The molecular formula is C26H38N4O. The van der Waals surface area contributed by atoms with E-state index in [0.717, 1.165) is 55.3 Å². The molecule has 1 amide bonds. The number of rotatable bonds is 5. The number of hydrogen-bond acceptors (Lipinski definition) is 3. The van der Waals surface area contributed by atoms with Gasteiger partial charge in [-0.2, -0.15) is 0 Å². The Balaban J connectivity index is 0.00000112. The molecule has 1 saturated carbocycles. The average molecular weight is 423 g/mol. The minimum atomic E-state index is -0.0858. The lowest BCUT2D eigenvalue weighted by Crippen LogP contribution is -2.44. The van der Waals surface area contributed by atoms with Gasteiger partial charge in [-0.15, -0.1) is 0 Å². The van der Waals surface area contributed by atoms with Crippen molar-refractivity contribution in [2.24, 2.45) is 10.9 Å². The molecule has 2 aliphatic carbocycles. The first kappa shape index (κ1) is 22.0. The number of amidine groups is 1. The van der Waals surface area contributed by atoms with Gasteiger partial charge in [-0.25, -0.2) is 4.98 Å². The van der Waals surface area contributed by atoms with Gasteiger partial charge in [0.15, 0.2) is 5.84 Å². The van der Waals surface area contributed by atoms with Crippen LogP contribution in [0, 0.1) is 5.92 Å². The largest absolute Gasteiger partial charge is 0.344 e. The highest BCUT2D eigenvalue weighted by atomic mass is 16.2. The van der Waals surface area contributed by atoms with Gasteiger partial charge in [0, 0.05) is 12.5 Å². The highest BCUT2D eigenvalue weighted by Crippen LogP contribution is 2.39. The lowest BCUT2D eigenvalue weighted by atomic mass is 9.92. The van der Waals surface area contributed by atoms with Crippen LogP contribution in [0.4, 0.5) is 0 Å². The smallest absolute Gasteiger partial charge is 0.237 e. The number of carbonyl (C=O) groups excluding carboxylic acids is 1. The van der Waals surface area contributed by atoms with E-state index in [9.17, 15) is 4.79 Å². The van der Waals surface area contributed by atoms with Crippen LogP contribution >= 0.6 is 0 Å². The fourth-order valence-electron chi connectivity index (χ4n) is 5.53.